The lowest BCUT2D eigenvalue weighted by Gasteiger charge is -2.29. The molecule has 2 aliphatic heterocycles. The van der Waals surface area contributed by atoms with Gasteiger partial charge in [-0.2, -0.15) is 0 Å². The van der Waals surface area contributed by atoms with Gasteiger partial charge in [0.15, 0.2) is 0 Å². The third-order valence-corrected chi connectivity index (χ3v) is 4.12. The van der Waals surface area contributed by atoms with Crippen LogP contribution in [0.3, 0.4) is 0 Å². The van der Waals surface area contributed by atoms with Gasteiger partial charge < -0.3 is 14.4 Å². The Morgan fingerprint density at radius 2 is 2.09 bits per heavy atom. The van der Waals surface area contributed by atoms with Crippen molar-refractivity contribution in [2.75, 3.05) is 13.7 Å². The second-order valence-electron chi connectivity index (χ2n) is 5.48. The number of methoxy groups -OCH3 is 1. The van der Waals surface area contributed by atoms with E-state index in [1.54, 1.807) is 12.1 Å². The summed E-state index contributed by atoms with van der Waals surface area (Å²) in [7, 11) is 1.52. The van der Waals surface area contributed by atoms with E-state index in [0.717, 1.165) is 5.56 Å². The highest BCUT2D eigenvalue weighted by atomic mass is 16.5. The number of nitrogens with zero attached hydrogens (tertiary/aromatic N) is 1. The summed E-state index contributed by atoms with van der Waals surface area (Å²) in [6.07, 6.45) is 0.573. The molecule has 1 N–H and O–H groups in total. The van der Waals surface area contributed by atoms with Crippen LogP contribution in [0.5, 0.6) is 11.5 Å². The topological polar surface area (TPSA) is 84.9 Å². The molecule has 1 atom stereocenters. The van der Waals surface area contributed by atoms with Gasteiger partial charge in [-0.15, -0.1) is 0 Å². The Bertz CT molecular complexity index is 685. The highest BCUT2D eigenvalue weighted by Crippen LogP contribution is 2.36. The number of ether oxygens (including phenoxy) is 2. The maximum atomic E-state index is 12.7. The zero-order valence-corrected chi connectivity index (χ0v) is 13.0. The molecule has 0 spiro atoms. The predicted molar refractivity (Wildman–Crippen MR) is 80.2 cm³/mol. The molecule has 2 heterocycles. The van der Waals surface area contributed by atoms with E-state index >= 15 is 0 Å². The van der Waals surface area contributed by atoms with Crippen molar-refractivity contribution in [2.24, 2.45) is 0 Å². The summed E-state index contributed by atoms with van der Waals surface area (Å²) in [6.45, 7) is 2.62. The molecular weight excluding hydrogens is 300 g/mol. The Labute approximate surface area is 133 Å². The lowest BCUT2D eigenvalue weighted by atomic mass is 10.0. The van der Waals surface area contributed by atoms with Gasteiger partial charge in [-0.05, 0) is 19.4 Å². The van der Waals surface area contributed by atoms with Crippen molar-refractivity contribution < 1.29 is 23.9 Å². The van der Waals surface area contributed by atoms with Gasteiger partial charge in [0, 0.05) is 18.1 Å². The average molecular weight is 318 g/mol. The Morgan fingerprint density at radius 1 is 1.30 bits per heavy atom. The number of piperidine rings is 1. The first-order chi connectivity index (χ1) is 11.0. The van der Waals surface area contributed by atoms with Gasteiger partial charge >= 0.3 is 0 Å². The smallest absolute Gasteiger partial charge is 0.255 e. The normalized spacial score (nSPS) is 20.3. The number of hydrogen-bond acceptors (Lipinski definition) is 5. The molecule has 0 aliphatic carbocycles. The summed E-state index contributed by atoms with van der Waals surface area (Å²) in [5.74, 6) is 0.157. The molecule has 1 unspecified atom stereocenters. The minimum absolute atomic E-state index is 0.234. The summed E-state index contributed by atoms with van der Waals surface area (Å²) < 4.78 is 10.8. The van der Waals surface area contributed by atoms with Crippen molar-refractivity contribution in [3.05, 3.63) is 23.3 Å². The molecule has 0 saturated carbocycles. The van der Waals surface area contributed by atoms with E-state index in [-0.39, 0.29) is 18.2 Å². The third-order valence-electron chi connectivity index (χ3n) is 4.12. The fourth-order valence-corrected chi connectivity index (χ4v) is 3.00. The molecule has 1 aromatic rings. The number of benzene rings is 1. The fourth-order valence-electron chi connectivity index (χ4n) is 3.00. The van der Waals surface area contributed by atoms with Gasteiger partial charge in [0.05, 0.1) is 25.8 Å². The van der Waals surface area contributed by atoms with E-state index in [1.165, 1.54) is 12.0 Å². The summed E-state index contributed by atoms with van der Waals surface area (Å²) in [5.41, 5.74) is 1.24. The van der Waals surface area contributed by atoms with Crippen LogP contribution < -0.4 is 14.8 Å². The molecule has 23 heavy (non-hydrogen) atoms. The number of imide groups is 1. The molecule has 3 amide bonds. The van der Waals surface area contributed by atoms with Crippen LogP contribution in [-0.2, 0) is 16.1 Å². The Hall–Kier alpha value is -2.57. The molecule has 0 aromatic heterocycles. The largest absolute Gasteiger partial charge is 0.497 e. The maximum absolute atomic E-state index is 12.7. The van der Waals surface area contributed by atoms with E-state index in [0.29, 0.717) is 36.6 Å². The minimum atomic E-state index is -0.631. The highest BCUT2D eigenvalue weighted by molar-refractivity contribution is 6.05. The highest BCUT2D eigenvalue weighted by Gasteiger charge is 2.40. The molecule has 7 nitrogen and oxygen atoms in total. The molecule has 1 aromatic carbocycles. The molecule has 1 saturated heterocycles. The SMILES string of the molecule is CCOc1cc(OC)cc2c1CN(C1CCC(=O)NC1=O)C2=O. The van der Waals surface area contributed by atoms with Crippen molar-refractivity contribution in [1.82, 2.24) is 10.2 Å². The van der Waals surface area contributed by atoms with Crippen LogP contribution in [0.25, 0.3) is 0 Å². The van der Waals surface area contributed by atoms with Crippen LogP contribution in [0.15, 0.2) is 12.1 Å². The summed E-state index contributed by atoms with van der Waals surface area (Å²) >= 11 is 0. The van der Waals surface area contributed by atoms with Gasteiger partial charge in [-0.25, -0.2) is 0 Å². The predicted octanol–water partition coefficient (Wildman–Crippen LogP) is 0.855. The van der Waals surface area contributed by atoms with Crippen LogP contribution in [-0.4, -0.2) is 42.4 Å². The molecule has 3 rings (SSSR count). The number of carbonyl (C=O) groups excluding carboxylic acids is 3. The summed E-state index contributed by atoms with van der Waals surface area (Å²) in [5, 5.41) is 2.29. The van der Waals surface area contributed by atoms with Crippen molar-refractivity contribution in [2.45, 2.75) is 32.4 Å². The van der Waals surface area contributed by atoms with Gasteiger partial charge in [0.2, 0.25) is 11.8 Å². The van der Waals surface area contributed by atoms with Gasteiger partial charge in [-0.1, -0.05) is 0 Å². The molecule has 2 aliphatic rings. The van der Waals surface area contributed by atoms with E-state index in [4.69, 9.17) is 9.47 Å². The third kappa shape index (κ3) is 2.62. The molecule has 0 radical (unpaired) electrons. The Balaban J connectivity index is 1.93. The van der Waals surface area contributed by atoms with Crippen LogP contribution in [0, 0.1) is 0 Å². The van der Waals surface area contributed by atoms with E-state index in [9.17, 15) is 14.4 Å². The standard InChI is InChI=1S/C16H18N2O5/c1-3-23-13-7-9(22-2)6-10-11(13)8-18(16(10)21)12-4-5-14(19)17-15(12)20/h6-7,12H,3-5,8H2,1-2H3,(H,17,19,20). The first kappa shape index (κ1) is 15.3. The molecule has 7 heteroatoms. The lowest BCUT2D eigenvalue weighted by Crippen LogP contribution is -2.52. The Morgan fingerprint density at radius 3 is 2.74 bits per heavy atom. The monoisotopic (exact) mass is 318 g/mol. The first-order valence-corrected chi connectivity index (χ1v) is 7.53. The van der Waals surface area contributed by atoms with Crippen LogP contribution in [0.4, 0.5) is 0 Å². The van der Waals surface area contributed by atoms with Gasteiger partial charge in [-0.3, -0.25) is 19.7 Å². The number of carbonyl (C=O) groups is 3. The molecule has 0 bridgehead atoms. The van der Waals surface area contributed by atoms with Gasteiger partial charge in [0.25, 0.3) is 5.91 Å². The minimum Gasteiger partial charge on any atom is -0.497 e. The lowest BCUT2D eigenvalue weighted by molar-refractivity contribution is -0.136. The first-order valence-electron chi connectivity index (χ1n) is 7.53. The molecular formula is C16H18N2O5. The number of rotatable bonds is 4. The van der Waals surface area contributed by atoms with Crippen molar-refractivity contribution in [3.63, 3.8) is 0 Å². The molecule has 122 valence electrons. The maximum Gasteiger partial charge on any atom is 0.255 e. The number of nitrogens with one attached hydrogen (secondary N) is 1. The zero-order valence-electron chi connectivity index (χ0n) is 13.0. The van der Waals surface area contributed by atoms with Crippen LogP contribution >= 0.6 is 0 Å². The van der Waals surface area contributed by atoms with Crippen LogP contribution in [0.2, 0.25) is 0 Å². The van der Waals surface area contributed by atoms with Crippen LogP contribution in [0.1, 0.15) is 35.7 Å². The Kier molecular flexibility index (Phi) is 3.94. The van der Waals surface area contributed by atoms with Crippen molar-refractivity contribution >= 4 is 17.7 Å². The number of hydrogen-bond donors (Lipinski definition) is 1. The van der Waals surface area contributed by atoms with Gasteiger partial charge in [0.1, 0.15) is 17.5 Å². The fraction of sp³-hybridized carbons (Fsp3) is 0.438. The van der Waals surface area contributed by atoms with Crippen molar-refractivity contribution in [1.29, 1.82) is 0 Å². The zero-order chi connectivity index (χ0) is 16.6. The summed E-state index contributed by atoms with van der Waals surface area (Å²) in [6, 6.07) is 2.77. The quantitative estimate of drug-likeness (QED) is 0.832. The second-order valence-corrected chi connectivity index (χ2v) is 5.48. The van der Waals surface area contributed by atoms with E-state index in [1.807, 2.05) is 6.92 Å². The summed E-state index contributed by atoms with van der Waals surface area (Å²) in [4.78, 5) is 37.5. The average Bonchev–Trinajstić information content (AvgIpc) is 2.85. The van der Waals surface area contributed by atoms with E-state index < -0.39 is 11.9 Å². The van der Waals surface area contributed by atoms with E-state index in [2.05, 4.69) is 5.32 Å². The second kappa shape index (κ2) is 5.91. The number of fused-ring (bicyclic) bond motifs is 1. The number of amides is 3. The van der Waals surface area contributed by atoms with Crippen molar-refractivity contribution in [3.8, 4) is 11.5 Å². The molecule has 1 fully saturated rings.